The number of carbonyl (C=O) groups is 2. The maximum absolute atomic E-state index is 14.8. The summed E-state index contributed by atoms with van der Waals surface area (Å²) in [5.41, 5.74) is 0.472. The van der Waals surface area contributed by atoms with Crippen LogP contribution >= 0.6 is 0 Å². The fourth-order valence-corrected chi connectivity index (χ4v) is 7.39. The molecule has 35 heavy (non-hydrogen) atoms. The molecule has 6 rings (SSSR count). The molecule has 0 aromatic heterocycles. The van der Waals surface area contributed by atoms with Gasteiger partial charge in [0.25, 0.3) is 5.91 Å². The highest BCUT2D eigenvalue weighted by Gasteiger charge is 2.52. The van der Waals surface area contributed by atoms with Crippen LogP contribution in [0.15, 0.2) is 12.1 Å². The zero-order valence-electron chi connectivity index (χ0n) is 20.8. The van der Waals surface area contributed by atoms with E-state index in [0.29, 0.717) is 18.4 Å². The van der Waals surface area contributed by atoms with Crippen molar-refractivity contribution in [2.24, 2.45) is 35.0 Å². The number of carbonyl (C=O) groups excluding carboxylic acids is 2. The van der Waals surface area contributed by atoms with Crippen LogP contribution in [0.3, 0.4) is 0 Å². The van der Waals surface area contributed by atoms with Crippen LogP contribution in [0.4, 0.5) is 4.39 Å². The second-order valence-electron chi connectivity index (χ2n) is 12.2. The molecule has 6 nitrogen and oxygen atoms in total. The summed E-state index contributed by atoms with van der Waals surface area (Å²) in [5, 5.41) is 6.35. The van der Waals surface area contributed by atoms with Crippen LogP contribution in [0.2, 0.25) is 0 Å². The van der Waals surface area contributed by atoms with Crippen molar-refractivity contribution in [1.82, 2.24) is 10.6 Å². The van der Waals surface area contributed by atoms with Gasteiger partial charge in [-0.25, -0.2) is 4.39 Å². The summed E-state index contributed by atoms with van der Waals surface area (Å²) < 4.78 is 26.1. The first-order chi connectivity index (χ1) is 16.8. The molecular weight excluding hydrogens is 447 g/mol. The predicted molar refractivity (Wildman–Crippen MR) is 129 cm³/mol. The van der Waals surface area contributed by atoms with Crippen molar-refractivity contribution in [1.29, 1.82) is 0 Å². The Hall–Kier alpha value is -2.31. The van der Waals surface area contributed by atoms with Gasteiger partial charge in [0.15, 0.2) is 11.6 Å². The van der Waals surface area contributed by atoms with Crippen molar-refractivity contribution in [3.05, 3.63) is 23.5 Å². The van der Waals surface area contributed by atoms with Crippen molar-refractivity contribution in [2.75, 3.05) is 13.7 Å². The van der Waals surface area contributed by atoms with E-state index in [1.807, 2.05) is 0 Å². The van der Waals surface area contributed by atoms with Crippen LogP contribution < -0.4 is 20.1 Å². The highest BCUT2D eigenvalue weighted by atomic mass is 19.1. The molecular formula is C28H37FN2O4. The normalized spacial score (nSPS) is 35.7. The van der Waals surface area contributed by atoms with E-state index in [1.165, 1.54) is 32.1 Å². The van der Waals surface area contributed by atoms with Crippen LogP contribution in [0.1, 0.15) is 75.1 Å². The first-order valence-corrected chi connectivity index (χ1v) is 13.5. The SMILES string of the molecule is COc1cc(F)c(O[C@@H]2C[C@@H]3C[C@@H]3C2)cc1C(=O)N[C@@H]1[C@H]2CC[C@H](C2)[C@@H]1C(=O)NCC1(C)CCC1. The third-order valence-electron chi connectivity index (χ3n) is 9.76. The van der Waals surface area contributed by atoms with Crippen LogP contribution in [0.25, 0.3) is 0 Å². The molecule has 1 aromatic rings. The van der Waals surface area contributed by atoms with Gasteiger partial charge in [-0.15, -0.1) is 0 Å². The first-order valence-electron chi connectivity index (χ1n) is 13.5. The number of amides is 2. The van der Waals surface area contributed by atoms with Gasteiger partial charge in [-0.3, -0.25) is 9.59 Å². The summed E-state index contributed by atoms with van der Waals surface area (Å²) in [4.78, 5) is 26.7. The van der Waals surface area contributed by atoms with E-state index in [0.717, 1.165) is 56.8 Å². The Morgan fingerprint density at radius 2 is 1.74 bits per heavy atom. The molecule has 0 radical (unpaired) electrons. The van der Waals surface area contributed by atoms with Crippen LogP contribution in [0, 0.1) is 40.8 Å². The van der Waals surface area contributed by atoms with Crippen molar-refractivity contribution in [2.45, 2.75) is 76.9 Å². The van der Waals surface area contributed by atoms with Crippen LogP contribution in [-0.4, -0.2) is 37.6 Å². The number of ether oxygens (including phenoxy) is 2. The zero-order valence-corrected chi connectivity index (χ0v) is 20.8. The van der Waals surface area contributed by atoms with Gasteiger partial charge in [-0.1, -0.05) is 13.3 Å². The molecule has 2 amide bonds. The molecule has 0 spiro atoms. The molecule has 5 saturated carbocycles. The lowest BCUT2D eigenvalue weighted by Crippen LogP contribution is -2.51. The molecule has 2 N–H and O–H groups in total. The van der Waals surface area contributed by atoms with E-state index in [-0.39, 0.29) is 52.4 Å². The molecule has 1 aromatic carbocycles. The molecule has 5 aliphatic carbocycles. The maximum atomic E-state index is 14.8. The van der Waals surface area contributed by atoms with E-state index in [1.54, 1.807) is 0 Å². The fourth-order valence-electron chi connectivity index (χ4n) is 7.39. The van der Waals surface area contributed by atoms with Crippen molar-refractivity contribution in [3.63, 3.8) is 0 Å². The summed E-state index contributed by atoms with van der Waals surface area (Å²) in [6.45, 7) is 2.93. The second-order valence-corrected chi connectivity index (χ2v) is 12.2. The second kappa shape index (κ2) is 8.67. The standard InChI is InChI=1S/C28H37FN2O4/c1-28(6-3-7-28)14-30-27(33)24-15-4-5-16(8-15)25(24)31-26(32)20-12-23(21(29)13-22(20)34-2)35-19-10-17-9-18(17)11-19/h12-13,15-19,24-25H,3-11,14H2,1-2H3,(H,30,33)(H,31,32)/t15-,16+,17-,18+,19+,24+,25-/m1/s1. The number of fused-ring (bicyclic) bond motifs is 3. The van der Waals surface area contributed by atoms with Gasteiger partial charge >= 0.3 is 0 Å². The molecule has 2 bridgehead atoms. The largest absolute Gasteiger partial charge is 0.496 e. The molecule has 5 fully saturated rings. The van der Waals surface area contributed by atoms with Crippen molar-refractivity contribution < 1.29 is 23.5 Å². The Kier molecular flexibility index (Phi) is 5.72. The molecule has 0 saturated heterocycles. The molecule has 190 valence electrons. The predicted octanol–water partition coefficient (Wildman–Crippen LogP) is 4.46. The fraction of sp³-hybridized carbons (Fsp3) is 0.714. The Morgan fingerprint density at radius 3 is 2.43 bits per heavy atom. The number of nitrogens with one attached hydrogen (secondary N) is 2. The van der Waals surface area contributed by atoms with Gasteiger partial charge < -0.3 is 20.1 Å². The quantitative estimate of drug-likeness (QED) is 0.571. The monoisotopic (exact) mass is 484 g/mol. The van der Waals surface area contributed by atoms with Gasteiger partial charge in [-0.2, -0.15) is 0 Å². The third kappa shape index (κ3) is 4.29. The Balaban J connectivity index is 1.17. The summed E-state index contributed by atoms with van der Waals surface area (Å²) >= 11 is 0. The van der Waals surface area contributed by atoms with E-state index in [9.17, 15) is 14.0 Å². The summed E-state index contributed by atoms with van der Waals surface area (Å²) in [5.74, 6) is 1.34. The van der Waals surface area contributed by atoms with E-state index < -0.39 is 5.82 Å². The first kappa shape index (κ1) is 23.1. The molecule has 0 aliphatic heterocycles. The Morgan fingerprint density at radius 1 is 1.03 bits per heavy atom. The van der Waals surface area contributed by atoms with Crippen molar-refractivity contribution >= 4 is 11.8 Å². The smallest absolute Gasteiger partial charge is 0.255 e. The van der Waals surface area contributed by atoms with E-state index >= 15 is 0 Å². The highest BCUT2D eigenvalue weighted by Crippen LogP contribution is 2.53. The molecule has 7 heteroatoms. The van der Waals surface area contributed by atoms with Gasteiger partial charge in [0.2, 0.25) is 5.91 Å². The van der Waals surface area contributed by atoms with Gasteiger partial charge in [-0.05, 0) is 86.5 Å². The summed E-state index contributed by atoms with van der Waals surface area (Å²) in [7, 11) is 1.44. The number of benzene rings is 1. The van der Waals surface area contributed by atoms with Crippen LogP contribution in [-0.2, 0) is 4.79 Å². The Bertz CT molecular complexity index is 1010. The number of hydrogen-bond acceptors (Lipinski definition) is 4. The van der Waals surface area contributed by atoms with E-state index in [4.69, 9.17) is 9.47 Å². The number of methoxy groups -OCH3 is 1. The maximum Gasteiger partial charge on any atom is 0.255 e. The lowest BCUT2D eigenvalue weighted by molar-refractivity contribution is -0.128. The lowest BCUT2D eigenvalue weighted by atomic mass is 9.70. The summed E-state index contributed by atoms with van der Waals surface area (Å²) in [6.07, 6.45) is 9.75. The number of rotatable bonds is 8. The number of hydrogen-bond donors (Lipinski definition) is 2. The van der Waals surface area contributed by atoms with Gasteiger partial charge in [0.1, 0.15) is 5.75 Å². The van der Waals surface area contributed by atoms with Crippen LogP contribution in [0.5, 0.6) is 11.5 Å². The summed E-state index contributed by atoms with van der Waals surface area (Å²) in [6, 6.07) is 2.51. The van der Waals surface area contributed by atoms with Gasteiger partial charge in [0.05, 0.1) is 24.7 Å². The Labute approximate surface area is 206 Å². The average molecular weight is 485 g/mol. The molecule has 0 unspecified atom stereocenters. The molecule has 7 atom stereocenters. The van der Waals surface area contributed by atoms with Gasteiger partial charge in [0, 0.05) is 18.7 Å². The lowest BCUT2D eigenvalue weighted by Gasteiger charge is -2.39. The van der Waals surface area contributed by atoms with E-state index in [2.05, 4.69) is 17.6 Å². The minimum Gasteiger partial charge on any atom is -0.496 e. The highest BCUT2D eigenvalue weighted by molar-refractivity contribution is 5.98. The zero-order chi connectivity index (χ0) is 24.3. The minimum absolute atomic E-state index is 0.00808. The topological polar surface area (TPSA) is 76.7 Å². The van der Waals surface area contributed by atoms with Crippen molar-refractivity contribution in [3.8, 4) is 11.5 Å². The minimum atomic E-state index is -0.513. The third-order valence-corrected chi connectivity index (χ3v) is 9.76. The molecule has 0 heterocycles. The number of halogens is 1. The average Bonchev–Trinajstić information content (AvgIpc) is 3.17. The molecule has 5 aliphatic rings.